The second kappa shape index (κ2) is 10.0. The third-order valence-corrected chi connectivity index (χ3v) is 4.17. The fourth-order valence-electron chi connectivity index (χ4n) is 2.61. The molecule has 0 aromatic rings. The van der Waals surface area contributed by atoms with E-state index in [4.69, 9.17) is 4.74 Å². The van der Waals surface area contributed by atoms with Crippen LogP contribution < -0.4 is 10.6 Å². The van der Waals surface area contributed by atoms with Crippen LogP contribution in [-0.2, 0) is 14.3 Å². The number of nitrogens with one attached hydrogen (secondary N) is 2. The lowest BCUT2D eigenvalue weighted by atomic mass is 9.94. The minimum Gasteiger partial charge on any atom is -0.387 e. The molecule has 0 radical (unpaired) electrons. The van der Waals surface area contributed by atoms with Crippen molar-refractivity contribution in [2.75, 3.05) is 13.7 Å². The summed E-state index contributed by atoms with van der Waals surface area (Å²) in [5, 5.41) is 35.7. The molecule has 1 rings (SSSR count). The number of carbonyl (C=O) groups is 2. The molecule has 0 unspecified atom stereocenters. The van der Waals surface area contributed by atoms with Gasteiger partial charge >= 0.3 is 0 Å². The molecule has 5 N–H and O–H groups in total. The van der Waals surface area contributed by atoms with E-state index < -0.39 is 36.4 Å². The summed E-state index contributed by atoms with van der Waals surface area (Å²) < 4.78 is 5.01. The zero-order chi connectivity index (χ0) is 19.9. The van der Waals surface area contributed by atoms with E-state index in [0.29, 0.717) is 13.0 Å². The molecule has 150 valence electrons. The fraction of sp³-hybridized carbons (Fsp3) is 0.778. The van der Waals surface area contributed by atoms with Crippen LogP contribution in [0.25, 0.3) is 0 Å². The van der Waals surface area contributed by atoms with E-state index in [1.54, 1.807) is 6.08 Å². The Labute approximate surface area is 154 Å². The van der Waals surface area contributed by atoms with Crippen molar-refractivity contribution < 1.29 is 29.6 Å². The Morgan fingerprint density at radius 3 is 2.50 bits per heavy atom. The third-order valence-electron chi connectivity index (χ3n) is 4.17. The van der Waals surface area contributed by atoms with Crippen molar-refractivity contribution in [1.82, 2.24) is 10.6 Å². The highest BCUT2D eigenvalue weighted by atomic mass is 16.5. The standard InChI is InChI=1S/C18H32N2O6/c1-18(2,3)9-8-12(21)13(22)14(23)15(26-4)17(25)20-11-7-5-6-10-19-16(11)24/h8-9,11-15,21-23H,5-7,10H2,1-4H3,(H,19,24)(H,20,25)/b9-8-/t11-,12+,13-,14+,15+/m0/s1. The number of aliphatic hydroxyl groups is 3. The van der Waals surface area contributed by atoms with Gasteiger partial charge < -0.3 is 30.7 Å². The summed E-state index contributed by atoms with van der Waals surface area (Å²) >= 11 is 0. The molecule has 26 heavy (non-hydrogen) atoms. The van der Waals surface area contributed by atoms with Gasteiger partial charge in [-0.15, -0.1) is 0 Å². The molecular weight excluding hydrogens is 340 g/mol. The van der Waals surface area contributed by atoms with Gasteiger partial charge in [-0.2, -0.15) is 0 Å². The predicted molar refractivity (Wildman–Crippen MR) is 96.2 cm³/mol. The Bertz CT molecular complexity index is 502. The zero-order valence-corrected chi connectivity index (χ0v) is 15.9. The lowest BCUT2D eigenvalue weighted by Gasteiger charge is -2.28. The van der Waals surface area contributed by atoms with Gasteiger partial charge in [-0.3, -0.25) is 9.59 Å². The van der Waals surface area contributed by atoms with Gasteiger partial charge in [0.05, 0.1) is 0 Å². The van der Waals surface area contributed by atoms with Crippen LogP contribution in [0.3, 0.4) is 0 Å². The smallest absolute Gasteiger partial charge is 0.252 e. The molecule has 8 heteroatoms. The highest BCUT2D eigenvalue weighted by Gasteiger charge is 2.37. The van der Waals surface area contributed by atoms with E-state index in [0.717, 1.165) is 12.8 Å². The lowest BCUT2D eigenvalue weighted by molar-refractivity contribution is -0.150. The Kier molecular flexibility index (Phi) is 8.69. The van der Waals surface area contributed by atoms with Gasteiger partial charge in [0, 0.05) is 13.7 Å². The molecule has 0 aromatic heterocycles. The lowest BCUT2D eigenvalue weighted by Crippen LogP contribution is -2.55. The Hall–Kier alpha value is -1.48. The molecule has 1 heterocycles. The van der Waals surface area contributed by atoms with Crippen molar-refractivity contribution in [1.29, 1.82) is 0 Å². The van der Waals surface area contributed by atoms with E-state index in [2.05, 4.69) is 10.6 Å². The number of methoxy groups -OCH3 is 1. The molecule has 0 spiro atoms. The summed E-state index contributed by atoms with van der Waals surface area (Å²) in [6, 6.07) is -0.710. The molecule has 1 fully saturated rings. The number of amides is 2. The number of rotatable bonds is 7. The fourth-order valence-corrected chi connectivity index (χ4v) is 2.61. The van der Waals surface area contributed by atoms with Crippen LogP contribution in [0.5, 0.6) is 0 Å². The zero-order valence-electron chi connectivity index (χ0n) is 15.9. The average Bonchev–Trinajstić information content (AvgIpc) is 2.76. The first-order valence-electron chi connectivity index (χ1n) is 8.91. The maximum Gasteiger partial charge on any atom is 0.252 e. The minimum atomic E-state index is -1.66. The summed E-state index contributed by atoms with van der Waals surface area (Å²) in [4.78, 5) is 24.3. The molecule has 2 amide bonds. The van der Waals surface area contributed by atoms with Gasteiger partial charge in [0.25, 0.3) is 5.91 Å². The van der Waals surface area contributed by atoms with Crippen molar-refractivity contribution in [3.63, 3.8) is 0 Å². The van der Waals surface area contributed by atoms with E-state index in [-0.39, 0.29) is 11.3 Å². The summed E-state index contributed by atoms with van der Waals surface area (Å²) in [5.74, 6) is -0.998. The Balaban J connectivity index is 2.73. The Morgan fingerprint density at radius 1 is 1.27 bits per heavy atom. The molecule has 1 aliphatic rings. The van der Waals surface area contributed by atoms with Crippen molar-refractivity contribution in [2.45, 2.75) is 70.5 Å². The predicted octanol–water partition coefficient (Wildman–Crippen LogP) is -0.529. The monoisotopic (exact) mass is 372 g/mol. The summed E-state index contributed by atoms with van der Waals surface area (Å²) in [7, 11) is 1.21. The Morgan fingerprint density at radius 2 is 1.92 bits per heavy atom. The van der Waals surface area contributed by atoms with Crippen LogP contribution in [-0.4, -0.2) is 71.2 Å². The average molecular weight is 372 g/mol. The molecular formula is C18H32N2O6. The summed E-state index contributed by atoms with van der Waals surface area (Å²) in [6.07, 6.45) is -0.885. The third kappa shape index (κ3) is 7.03. The van der Waals surface area contributed by atoms with E-state index in [1.165, 1.54) is 13.2 Å². The quantitative estimate of drug-likeness (QED) is 0.382. The van der Waals surface area contributed by atoms with Gasteiger partial charge in [0.1, 0.15) is 24.4 Å². The van der Waals surface area contributed by atoms with Crippen LogP contribution in [0.1, 0.15) is 40.0 Å². The SMILES string of the molecule is CO[C@@H](C(=O)N[C@H]1CCCCNC1=O)[C@H](O)[C@@H](O)[C@H](O)/C=C\C(C)(C)C. The maximum absolute atomic E-state index is 12.4. The molecule has 0 saturated carbocycles. The second-order valence-electron chi connectivity index (χ2n) is 7.70. The van der Waals surface area contributed by atoms with Gasteiger partial charge in [-0.05, 0) is 24.7 Å². The maximum atomic E-state index is 12.4. The van der Waals surface area contributed by atoms with E-state index in [9.17, 15) is 24.9 Å². The molecule has 1 aliphatic heterocycles. The highest BCUT2D eigenvalue weighted by molar-refractivity contribution is 5.89. The number of allylic oxidation sites excluding steroid dienone is 1. The van der Waals surface area contributed by atoms with Crippen LogP contribution in [0, 0.1) is 5.41 Å². The van der Waals surface area contributed by atoms with Crippen LogP contribution in [0.2, 0.25) is 0 Å². The van der Waals surface area contributed by atoms with E-state index in [1.807, 2.05) is 20.8 Å². The number of ether oxygens (including phenoxy) is 1. The van der Waals surface area contributed by atoms with Gasteiger partial charge in [-0.1, -0.05) is 32.9 Å². The van der Waals surface area contributed by atoms with Crippen molar-refractivity contribution in [2.24, 2.45) is 5.41 Å². The van der Waals surface area contributed by atoms with Crippen molar-refractivity contribution in [3.05, 3.63) is 12.2 Å². The first-order valence-corrected chi connectivity index (χ1v) is 8.91. The normalized spacial score (nSPS) is 23.7. The molecule has 1 saturated heterocycles. The van der Waals surface area contributed by atoms with Gasteiger partial charge in [0.15, 0.2) is 6.10 Å². The molecule has 8 nitrogen and oxygen atoms in total. The minimum absolute atomic E-state index is 0.212. The van der Waals surface area contributed by atoms with Gasteiger partial charge in [-0.25, -0.2) is 0 Å². The number of carbonyl (C=O) groups excluding carboxylic acids is 2. The number of hydrogen-bond acceptors (Lipinski definition) is 6. The van der Waals surface area contributed by atoms with Crippen LogP contribution >= 0.6 is 0 Å². The van der Waals surface area contributed by atoms with E-state index >= 15 is 0 Å². The van der Waals surface area contributed by atoms with Gasteiger partial charge in [0.2, 0.25) is 5.91 Å². The highest BCUT2D eigenvalue weighted by Crippen LogP contribution is 2.17. The van der Waals surface area contributed by atoms with Crippen molar-refractivity contribution in [3.8, 4) is 0 Å². The molecule has 0 aliphatic carbocycles. The molecule has 5 atom stereocenters. The van der Waals surface area contributed by atoms with Crippen LogP contribution in [0.15, 0.2) is 12.2 Å². The largest absolute Gasteiger partial charge is 0.387 e. The summed E-state index contributed by atoms with van der Waals surface area (Å²) in [5.41, 5.74) is -0.212. The second-order valence-corrected chi connectivity index (χ2v) is 7.70. The first-order chi connectivity index (χ1) is 12.1. The van der Waals surface area contributed by atoms with Crippen LogP contribution in [0.4, 0.5) is 0 Å². The summed E-state index contributed by atoms with van der Waals surface area (Å²) in [6.45, 7) is 6.32. The number of aliphatic hydroxyl groups excluding tert-OH is 3. The molecule has 0 bridgehead atoms. The molecule has 0 aromatic carbocycles. The van der Waals surface area contributed by atoms with Crippen molar-refractivity contribution >= 4 is 11.8 Å². The number of hydrogen-bond donors (Lipinski definition) is 5. The first kappa shape index (κ1) is 22.6. The topological polar surface area (TPSA) is 128 Å².